The Morgan fingerprint density at radius 1 is 1.47 bits per heavy atom. The predicted molar refractivity (Wildman–Crippen MR) is 75.1 cm³/mol. The third kappa shape index (κ3) is 3.45. The molecule has 1 heterocycles. The summed E-state index contributed by atoms with van der Waals surface area (Å²) in [6.45, 7) is 2.64. The summed E-state index contributed by atoms with van der Waals surface area (Å²) in [6.07, 6.45) is 1.64. The van der Waals surface area contributed by atoms with Crippen molar-refractivity contribution >= 4 is 21.9 Å². The minimum Gasteiger partial charge on any atom is -0.478 e. The molecule has 1 aromatic heterocycles. The van der Waals surface area contributed by atoms with Gasteiger partial charge < -0.3 is 14.8 Å². The van der Waals surface area contributed by atoms with Gasteiger partial charge in [0.1, 0.15) is 5.76 Å². The van der Waals surface area contributed by atoms with Gasteiger partial charge in [0.05, 0.1) is 17.9 Å². The molecule has 1 aromatic carbocycles. The third-order valence-corrected chi connectivity index (χ3v) is 3.61. The fourth-order valence-electron chi connectivity index (χ4n) is 1.73. The van der Waals surface area contributed by atoms with Crippen molar-refractivity contribution in [3.8, 4) is 0 Å². The van der Waals surface area contributed by atoms with E-state index in [2.05, 4.69) is 21.2 Å². The molecule has 19 heavy (non-hydrogen) atoms. The van der Waals surface area contributed by atoms with Gasteiger partial charge in [0.2, 0.25) is 0 Å². The Bertz CT molecular complexity index is 566. The van der Waals surface area contributed by atoms with E-state index < -0.39 is 5.97 Å². The summed E-state index contributed by atoms with van der Waals surface area (Å²) in [6, 6.07) is 8.88. The normalized spacial score (nSPS) is 12.3. The molecule has 1 atom stereocenters. The summed E-state index contributed by atoms with van der Waals surface area (Å²) < 4.78 is 6.10. The van der Waals surface area contributed by atoms with Gasteiger partial charge in [-0.15, -0.1) is 0 Å². The zero-order valence-electron chi connectivity index (χ0n) is 10.4. The summed E-state index contributed by atoms with van der Waals surface area (Å²) in [5.41, 5.74) is 1.28. The zero-order chi connectivity index (χ0) is 13.8. The van der Waals surface area contributed by atoms with Crippen LogP contribution in [0.3, 0.4) is 0 Å². The summed E-state index contributed by atoms with van der Waals surface area (Å²) in [7, 11) is 0. The minimum atomic E-state index is -0.927. The van der Waals surface area contributed by atoms with Crippen LogP contribution in [-0.4, -0.2) is 11.1 Å². The minimum absolute atomic E-state index is 0.0982. The molecule has 0 amide bonds. The van der Waals surface area contributed by atoms with Gasteiger partial charge in [-0.05, 0) is 36.8 Å². The average Bonchev–Trinajstić information content (AvgIpc) is 2.90. The van der Waals surface area contributed by atoms with Gasteiger partial charge in [-0.3, -0.25) is 0 Å². The van der Waals surface area contributed by atoms with Gasteiger partial charge in [-0.2, -0.15) is 0 Å². The molecule has 0 radical (unpaired) electrons. The maximum absolute atomic E-state index is 10.8. The largest absolute Gasteiger partial charge is 0.478 e. The highest BCUT2D eigenvalue weighted by Crippen LogP contribution is 2.20. The molecule has 0 aliphatic rings. The van der Waals surface area contributed by atoms with Gasteiger partial charge in [-0.25, -0.2) is 4.79 Å². The lowest BCUT2D eigenvalue weighted by molar-refractivity contribution is 0.0697. The molecular formula is C14H14BrNO3. The second-order valence-corrected chi connectivity index (χ2v) is 5.08. The Hall–Kier alpha value is -1.59. The number of carboxylic acids is 1. The van der Waals surface area contributed by atoms with Crippen molar-refractivity contribution in [3.63, 3.8) is 0 Å². The standard InChI is InChI=1S/C14H14BrNO3/c1-9(13-3-2-6-19-13)16-8-11-5-4-10(14(17)18)7-12(11)15/h2-7,9,16H,8H2,1H3,(H,17,18)/t9-/m0/s1. The topological polar surface area (TPSA) is 62.5 Å². The first-order valence-electron chi connectivity index (χ1n) is 5.86. The first-order chi connectivity index (χ1) is 9.08. The predicted octanol–water partition coefficient (Wildman–Crippen LogP) is 3.59. The first kappa shape index (κ1) is 13.8. The molecule has 2 rings (SSSR count). The van der Waals surface area contributed by atoms with Crippen molar-refractivity contribution < 1.29 is 14.3 Å². The molecule has 0 bridgehead atoms. The summed E-state index contributed by atoms with van der Waals surface area (Å²) in [4.78, 5) is 10.8. The average molecular weight is 324 g/mol. The maximum Gasteiger partial charge on any atom is 0.335 e. The highest BCUT2D eigenvalue weighted by Gasteiger charge is 2.10. The Morgan fingerprint density at radius 2 is 2.26 bits per heavy atom. The molecular weight excluding hydrogens is 310 g/mol. The second kappa shape index (κ2) is 6.04. The van der Waals surface area contributed by atoms with E-state index >= 15 is 0 Å². The summed E-state index contributed by atoms with van der Waals surface area (Å²) in [5, 5.41) is 12.2. The molecule has 5 heteroatoms. The third-order valence-electron chi connectivity index (χ3n) is 2.87. The number of furan rings is 1. The number of carboxylic acid groups (broad SMARTS) is 1. The lowest BCUT2D eigenvalue weighted by atomic mass is 10.1. The molecule has 0 saturated carbocycles. The van der Waals surface area contributed by atoms with E-state index in [1.807, 2.05) is 19.1 Å². The van der Waals surface area contributed by atoms with E-state index in [-0.39, 0.29) is 11.6 Å². The van der Waals surface area contributed by atoms with E-state index in [4.69, 9.17) is 9.52 Å². The number of hydrogen-bond donors (Lipinski definition) is 2. The lowest BCUT2D eigenvalue weighted by Crippen LogP contribution is -2.18. The Balaban J connectivity index is 2.02. The van der Waals surface area contributed by atoms with Crippen LogP contribution in [0.1, 0.15) is 34.6 Å². The molecule has 0 spiro atoms. The number of benzene rings is 1. The number of halogens is 1. The van der Waals surface area contributed by atoms with Crippen LogP contribution in [0.25, 0.3) is 0 Å². The molecule has 100 valence electrons. The Morgan fingerprint density at radius 3 is 2.84 bits per heavy atom. The fourth-order valence-corrected chi connectivity index (χ4v) is 2.24. The van der Waals surface area contributed by atoms with Crippen LogP contribution < -0.4 is 5.32 Å². The van der Waals surface area contributed by atoms with Crippen LogP contribution in [0, 0.1) is 0 Å². The van der Waals surface area contributed by atoms with Gasteiger partial charge >= 0.3 is 5.97 Å². The molecule has 0 aliphatic carbocycles. The Kier molecular flexibility index (Phi) is 4.39. The monoisotopic (exact) mass is 323 g/mol. The van der Waals surface area contributed by atoms with E-state index in [1.165, 1.54) is 0 Å². The highest BCUT2D eigenvalue weighted by molar-refractivity contribution is 9.10. The smallest absolute Gasteiger partial charge is 0.335 e. The fraction of sp³-hybridized carbons (Fsp3) is 0.214. The van der Waals surface area contributed by atoms with Crippen molar-refractivity contribution in [3.05, 3.63) is 58.0 Å². The van der Waals surface area contributed by atoms with Crippen molar-refractivity contribution in [2.75, 3.05) is 0 Å². The van der Waals surface area contributed by atoms with E-state index in [0.717, 1.165) is 15.8 Å². The lowest BCUT2D eigenvalue weighted by Gasteiger charge is -2.12. The van der Waals surface area contributed by atoms with Crippen LogP contribution in [0.2, 0.25) is 0 Å². The van der Waals surface area contributed by atoms with Crippen LogP contribution in [0.5, 0.6) is 0 Å². The van der Waals surface area contributed by atoms with Crippen molar-refractivity contribution in [1.29, 1.82) is 0 Å². The number of hydrogen-bond acceptors (Lipinski definition) is 3. The molecule has 0 aliphatic heterocycles. The number of carbonyl (C=O) groups is 1. The van der Waals surface area contributed by atoms with E-state index in [0.29, 0.717) is 6.54 Å². The van der Waals surface area contributed by atoms with Gasteiger partial charge in [0.15, 0.2) is 0 Å². The van der Waals surface area contributed by atoms with E-state index in [9.17, 15) is 4.79 Å². The molecule has 0 saturated heterocycles. The molecule has 4 nitrogen and oxygen atoms in total. The number of rotatable bonds is 5. The SMILES string of the molecule is C[C@H](NCc1ccc(C(=O)O)cc1Br)c1ccco1. The van der Waals surface area contributed by atoms with Crippen molar-refractivity contribution in [2.24, 2.45) is 0 Å². The maximum atomic E-state index is 10.8. The summed E-state index contributed by atoms with van der Waals surface area (Å²) >= 11 is 3.39. The van der Waals surface area contributed by atoms with Crippen molar-refractivity contribution in [1.82, 2.24) is 5.32 Å². The molecule has 2 aromatic rings. The number of nitrogens with one attached hydrogen (secondary N) is 1. The van der Waals surface area contributed by atoms with Crippen molar-refractivity contribution in [2.45, 2.75) is 19.5 Å². The zero-order valence-corrected chi connectivity index (χ0v) is 12.0. The molecule has 2 N–H and O–H groups in total. The summed E-state index contributed by atoms with van der Waals surface area (Å²) in [5.74, 6) is -0.0533. The highest BCUT2D eigenvalue weighted by atomic mass is 79.9. The molecule has 0 fully saturated rings. The van der Waals surface area contributed by atoms with Gasteiger partial charge in [0.25, 0.3) is 0 Å². The van der Waals surface area contributed by atoms with Gasteiger partial charge in [-0.1, -0.05) is 22.0 Å². The van der Waals surface area contributed by atoms with Crippen LogP contribution in [0.15, 0.2) is 45.5 Å². The van der Waals surface area contributed by atoms with Crippen LogP contribution in [0.4, 0.5) is 0 Å². The quantitative estimate of drug-likeness (QED) is 0.882. The first-order valence-corrected chi connectivity index (χ1v) is 6.65. The van der Waals surface area contributed by atoms with Crippen LogP contribution in [-0.2, 0) is 6.54 Å². The second-order valence-electron chi connectivity index (χ2n) is 4.23. The van der Waals surface area contributed by atoms with E-state index in [1.54, 1.807) is 24.5 Å². The number of aromatic carboxylic acids is 1. The molecule has 0 unspecified atom stereocenters. The van der Waals surface area contributed by atoms with Crippen LogP contribution >= 0.6 is 15.9 Å². The Labute approximate surface area is 119 Å². The van der Waals surface area contributed by atoms with Gasteiger partial charge in [0, 0.05) is 11.0 Å².